The van der Waals surface area contributed by atoms with Gasteiger partial charge in [-0.25, -0.2) is 4.79 Å². The largest absolute Gasteiger partial charge is 0.384 e. The molecule has 0 aliphatic heterocycles. The van der Waals surface area contributed by atoms with E-state index < -0.39 is 11.6 Å². The van der Waals surface area contributed by atoms with E-state index in [4.69, 9.17) is 9.73 Å². The Kier molecular flexibility index (Phi) is 7.03. The maximum atomic E-state index is 11.5. The molecule has 0 amide bonds. The molecule has 0 saturated carbocycles. The summed E-state index contributed by atoms with van der Waals surface area (Å²) >= 11 is 1.63. The molecule has 0 spiro atoms. The van der Waals surface area contributed by atoms with Crippen LogP contribution in [0.5, 0.6) is 0 Å². The van der Waals surface area contributed by atoms with Gasteiger partial charge >= 0.3 is 5.97 Å². The van der Waals surface area contributed by atoms with E-state index in [1.54, 1.807) is 38.7 Å². The molecule has 25 heavy (non-hydrogen) atoms. The van der Waals surface area contributed by atoms with Gasteiger partial charge in [-0.05, 0) is 39.0 Å². The molecule has 0 saturated heterocycles. The van der Waals surface area contributed by atoms with E-state index in [0.29, 0.717) is 0 Å². The third-order valence-electron chi connectivity index (χ3n) is 2.72. The van der Waals surface area contributed by atoms with E-state index in [0.717, 1.165) is 15.4 Å². The van der Waals surface area contributed by atoms with Crippen LogP contribution in [-0.4, -0.2) is 24.4 Å². The van der Waals surface area contributed by atoms with Crippen molar-refractivity contribution in [2.24, 2.45) is 5.16 Å². The number of hydrogen-bond acceptors (Lipinski definition) is 6. The van der Waals surface area contributed by atoms with Crippen molar-refractivity contribution in [2.45, 2.75) is 36.2 Å². The van der Waals surface area contributed by atoms with Gasteiger partial charge in [-0.2, -0.15) is 4.89 Å². The van der Waals surface area contributed by atoms with Crippen LogP contribution in [0.1, 0.15) is 26.3 Å². The highest BCUT2D eigenvalue weighted by atomic mass is 32.2. The molecule has 0 atom stereocenters. The van der Waals surface area contributed by atoms with Crippen molar-refractivity contribution in [1.82, 2.24) is 0 Å². The summed E-state index contributed by atoms with van der Waals surface area (Å²) in [6, 6.07) is 17.9. The lowest BCUT2D eigenvalue weighted by molar-refractivity contribution is -0.322. The van der Waals surface area contributed by atoms with E-state index >= 15 is 0 Å². The number of carbonyl (C=O) groups excluding carboxylic acids is 1. The summed E-state index contributed by atoms with van der Waals surface area (Å²) < 4.78 is 0. The first-order chi connectivity index (χ1) is 11.9. The molecule has 0 N–H and O–H groups in total. The summed E-state index contributed by atoms with van der Waals surface area (Å²) in [6.07, 6.45) is 1.57. The van der Waals surface area contributed by atoms with Crippen molar-refractivity contribution in [3.8, 4) is 0 Å². The van der Waals surface area contributed by atoms with Gasteiger partial charge in [0.15, 0.2) is 0 Å². The third-order valence-corrected chi connectivity index (χ3v) is 3.82. The fraction of sp³-hybridized carbons (Fsp3) is 0.263. The zero-order valence-electron chi connectivity index (χ0n) is 14.5. The monoisotopic (exact) mass is 359 g/mol. The van der Waals surface area contributed by atoms with Crippen LogP contribution in [0.2, 0.25) is 0 Å². The van der Waals surface area contributed by atoms with Crippen LogP contribution >= 0.6 is 11.8 Å². The van der Waals surface area contributed by atoms with Crippen molar-refractivity contribution >= 4 is 23.9 Å². The summed E-state index contributed by atoms with van der Waals surface area (Å²) in [6.45, 7) is 5.02. The van der Waals surface area contributed by atoms with Crippen LogP contribution in [0.25, 0.3) is 0 Å². The molecule has 2 aromatic carbocycles. The number of carbonyl (C=O) groups is 1. The maximum Gasteiger partial charge on any atom is 0.382 e. The number of hydrogen-bond donors (Lipinski definition) is 0. The average Bonchev–Trinajstić information content (AvgIpc) is 2.58. The predicted molar refractivity (Wildman–Crippen MR) is 97.5 cm³/mol. The van der Waals surface area contributed by atoms with Gasteiger partial charge in [-0.3, -0.25) is 4.89 Å². The SMILES string of the molecule is CC(C)(C)OOC(=O)CO/N=C/c1ccccc1Sc1ccccc1. The summed E-state index contributed by atoms with van der Waals surface area (Å²) in [5.41, 5.74) is 0.336. The highest BCUT2D eigenvalue weighted by Crippen LogP contribution is 2.29. The van der Waals surface area contributed by atoms with Crippen LogP contribution in [0, 0.1) is 0 Å². The Labute approximate surface area is 151 Å². The summed E-state index contributed by atoms with van der Waals surface area (Å²) in [5.74, 6) is -0.640. The number of rotatable bonds is 7. The molecule has 0 heterocycles. The zero-order valence-corrected chi connectivity index (χ0v) is 15.3. The highest BCUT2D eigenvalue weighted by Gasteiger charge is 2.15. The lowest BCUT2D eigenvalue weighted by atomic mass is 10.2. The molecule has 0 unspecified atom stereocenters. The molecule has 0 fully saturated rings. The van der Waals surface area contributed by atoms with Gasteiger partial charge < -0.3 is 4.84 Å². The van der Waals surface area contributed by atoms with Crippen LogP contribution in [0.15, 0.2) is 69.5 Å². The van der Waals surface area contributed by atoms with Crippen molar-refractivity contribution in [2.75, 3.05) is 6.61 Å². The van der Waals surface area contributed by atoms with Crippen LogP contribution < -0.4 is 0 Å². The number of benzene rings is 2. The molecule has 5 nitrogen and oxygen atoms in total. The molecule has 0 bridgehead atoms. The Bertz CT molecular complexity index is 711. The first-order valence-corrected chi connectivity index (χ1v) is 8.61. The summed E-state index contributed by atoms with van der Waals surface area (Å²) in [7, 11) is 0. The van der Waals surface area contributed by atoms with Crippen LogP contribution in [-0.2, 0) is 19.4 Å². The van der Waals surface area contributed by atoms with E-state index in [2.05, 4.69) is 10.0 Å². The first kappa shape index (κ1) is 19.0. The minimum atomic E-state index is -0.640. The van der Waals surface area contributed by atoms with E-state index in [9.17, 15) is 4.79 Å². The lowest BCUT2D eigenvalue weighted by Gasteiger charge is -2.16. The smallest absolute Gasteiger partial charge is 0.382 e. The zero-order chi connectivity index (χ0) is 18.1. The second-order valence-electron chi connectivity index (χ2n) is 6.11. The van der Waals surface area contributed by atoms with Crippen molar-refractivity contribution < 1.29 is 19.4 Å². The third kappa shape index (κ3) is 7.41. The Morgan fingerprint density at radius 3 is 2.48 bits per heavy atom. The molecule has 0 aromatic heterocycles. The van der Waals surface area contributed by atoms with Crippen molar-refractivity contribution in [3.05, 3.63) is 60.2 Å². The minimum absolute atomic E-state index is 0.319. The highest BCUT2D eigenvalue weighted by molar-refractivity contribution is 7.99. The fourth-order valence-corrected chi connectivity index (χ4v) is 2.61. The Morgan fingerprint density at radius 1 is 1.08 bits per heavy atom. The quantitative estimate of drug-likeness (QED) is 0.415. The molecule has 132 valence electrons. The Morgan fingerprint density at radius 2 is 1.76 bits per heavy atom. The van der Waals surface area contributed by atoms with Gasteiger partial charge in [0.05, 0.1) is 6.21 Å². The fourth-order valence-electron chi connectivity index (χ4n) is 1.68. The summed E-state index contributed by atoms with van der Waals surface area (Å²) in [4.78, 5) is 28.1. The topological polar surface area (TPSA) is 57.1 Å². The Balaban J connectivity index is 1.88. The second kappa shape index (κ2) is 9.25. The molecular formula is C19H21NO4S. The molecule has 0 aliphatic rings. The van der Waals surface area contributed by atoms with Crippen molar-refractivity contribution in [3.63, 3.8) is 0 Å². The average molecular weight is 359 g/mol. The van der Waals surface area contributed by atoms with Crippen molar-refractivity contribution in [1.29, 1.82) is 0 Å². The van der Waals surface area contributed by atoms with Crippen LogP contribution in [0.4, 0.5) is 0 Å². The van der Waals surface area contributed by atoms with Crippen LogP contribution in [0.3, 0.4) is 0 Å². The molecular weight excluding hydrogens is 338 g/mol. The standard InChI is InChI=1S/C19H21NO4S/c1-19(2,3)24-23-18(21)14-22-20-13-15-9-7-8-12-17(15)25-16-10-5-4-6-11-16/h4-13H,14H2,1-3H3/b20-13+. The number of oxime groups is 1. The molecule has 0 aliphatic carbocycles. The molecule has 2 rings (SSSR count). The molecule has 6 heteroatoms. The van der Waals surface area contributed by atoms with Gasteiger partial charge in [-0.15, -0.1) is 0 Å². The van der Waals surface area contributed by atoms with E-state index in [-0.39, 0.29) is 6.61 Å². The van der Waals surface area contributed by atoms with Gasteiger partial charge in [0.2, 0.25) is 6.61 Å². The second-order valence-corrected chi connectivity index (χ2v) is 7.23. The van der Waals surface area contributed by atoms with Gasteiger partial charge in [-0.1, -0.05) is 53.3 Å². The number of nitrogens with zero attached hydrogens (tertiary/aromatic N) is 1. The normalized spacial score (nSPS) is 11.5. The van der Waals surface area contributed by atoms with Gasteiger partial charge in [0.25, 0.3) is 0 Å². The Hall–Kier alpha value is -2.31. The lowest BCUT2D eigenvalue weighted by Crippen LogP contribution is -2.23. The minimum Gasteiger partial charge on any atom is -0.384 e. The molecule has 0 radical (unpaired) electrons. The van der Waals surface area contributed by atoms with Gasteiger partial charge in [0, 0.05) is 15.4 Å². The van der Waals surface area contributed by atoms with E-state index in [1.165, 1.54) is 0 Å². The summed E-state index contributed by atoms with van der Waals surface area (Å²) in [5, 5.41) is 3.83. The van der Waals surface area contributed by atoms with Gasteiger partial charge in [0.1, 0.15) is 5.60 Å². The maximum absolute atomic E-state index is 11.5. The predicted octanol–water partition coefficient (Wildman–Crippen LogP) is 4.46. The van der Waals surface area contributed by atoms with E-state index in [1.807, 2.05) is 54.6 Å². The first-order valence-electron chi connectivity index (χ1n) is 7.80. The molecule has 2 aromatic rings.